The van der Waals surface area contributed by atoms with E-state index in [2.05, 4.69) is 5.32 Å². The summed E-state index contributed by atoms with van der Waals surface area (Å²) >= 11 is 1.57. The minimum Gasteiger partial charge on any atom is -0.456 e. The van der Waals surface area contributed by atoms with Crippen LogP contribution in [-0.4, -0.2) is 48.7 Å². The first-order valence-corrected chi connectivity index (χ1v) is 8.99. The molecule has 1 heterocycles. The Morgan fingerprint density at radius 1 is 1.28 bits per heavy atom. The number of carbonyl (C=O) groups is 3. The van der Waals surface area contributed by atoms with Crippen LogP contribution < -0.4 is 5.32 Å². The largest absolute Gasteiger partial charge is 0.456 e. The molecule has 1 aromatic heterocycles. The van der Waals surface area contributed by atoms with Gasteiger partial charge < -0.3 is 19.7 Å². The molecule has 0 bridgehead atoms. The van der Waals surface area contributed by atoms with Gasteiger partial charge in [0.25, 0.3) is 5.91 Å². The van der Waals surface area contributed by atoms with Crippen LogP contribution in [0, 0.1) is 0 Å². The Kier molecular flexibility index (Phi) is 8.40. The number of rotatable bonds is 8. The third kappa shape index (κ3) is 9.71. The lowest BCUT2D eigenvalue weighted by Gasteiger charge is -2.19. The molecule has 0 atom stereocenters. The van der Waals surface area contributed by atoms with Crippen LogP contribution in [0.5, 0.6) is 0 Å². The van der Waals surface area contributed by atoms with Crippen molar-refractivity contribution in [3.05, 3.63) is 22.4 Å². The molecular weight excluding hydrogens is 344 g/mol. The maximum atomic E-state index is 11.9. The molecular formula is C17H26N2O5S. The molecule has 140 valence electrons. The van der Waals surface area contributed by atoms with Crippen LogP contribution in [0.15, 0.2) is 16.8 Å². The van der Waals surface area contributed by atoms with Crippen LogP contribution in [0.1, 0.15) is 39.2 Å². The van der Waals surface area contributed by atoms with E-state index >= 15 is 0 Å². The van der Waals surface area contributed by atoms with Crippen LogP contribution in [-0.2, 0) is 25.6 Å². The zero-order valence-electron chi connectivity index (χ0n) is 15.2. The number of likely N-dealkylation sites (N-methyl/N-ethyl adjacent to an activating group) is 1. The van der Waals surface area contributed by atoms with Crippen molar-refractivity contribution in [3.8, 4) is 0 Å². The summed E-state index contributed by atoms with van der Waals surface area (Å²) < 4.78 is 10.0. The zero-order chi connectivity index (χ0) is 18.9. The van der Waals surface area contributed by atoms with Crippen LogP contribution >= 0.6 is 11.3 Å². The topological polar surface area (TPSA) is 84.9 Å². The highest BCUT2D eigenvalue weighted by molar-refractivity contribution is 7.07. The van der Waals surface area contributed by atoms with Gasteiger partial charge in [0.1, 0.15) is 5.60 Å². The number of hydrogen-bond acceptors (Lipinski definition) is 6. The molecule has 0 aliphatic heterocycles. The second kappa shape index (κ2) is 10.0. The molecule has 1 aromatic rings. The van der Waals surface area contributed by atoms with Gasteiger partial charge in [0.2, 0.25) is 0 Å². The van der Waals surface area contributed by atoms with Crippen molar-refractivity contribution in [2.24, 2.45) is 0 Å². The van der Waals surface area contributed by atoms with Crippen molar-refractivity contribution in [2.45, 2.75) is 45.8 Å². The van der Waals surface area contributed by atoms with Gasteiger partial charge in [0.15, 0.2) is 6.61 Å². The SMILES string of the molecule is CN(Cc1ccsc1)C(=O)COC(=O)CCCNC(=O)OC(C)(C)C. The summed E-state index contributed by atoms with van der Waals surface area (Å²) in [6.45, 7) is 5.83. The van der Waals surface area contributed by atoms with Gasteiger partial charge in [0.05, 0.1) is 0 Å². The number of hydrogen-bond donors (Lipinski definition) is 1. The first kappa shape index (κ1) is 21.0. The Morgan fingerprint density at radius 2 is 2.00 bits per heavy atom. The van der Waals surface area contributed by atoms with Gasteiger partial charge in [-0.3, -0.25) is 9.59 Å². The fraction of sp³-hybridized carbons (Fsp3) is 0.588. The predicted octanol–water partition coefficient (Wildman–Crippen LogP) is 2.55. The van der Waals surface area contributed by atoms with Gasteiger partial charge in [0, 0.05) is 26.6 Å². The Bertz CT molecular complexity index is 566. The Morgan fingerprint density at radius 3 is 2.60 bits per heavy atom. The number of thiophene rings is 1. The monoisotopic (exact) mass is 370 g/mol. The highest BCUT2D eigenvalue weighted by Crippen LogP contribution is 2.09. The molecule has 1 rings (SSSR count). The van der Waals surface area contributed by atoms with Gasteiger partial charge in [-0.05, 0) is 49.6 Å². The molecule has 25 heavy (non-hydrogen) atoms. The quantitative estimate of drug-likeness (QED) is 0.561. The van der Waals surface area contributed by atoms with Gasteiger partial charge >= 0.3 is 12.1 Å². The van der Waals surface area contributed by atoms with Crippen molar-refractivity contribution in [2.75, 3.05) is 20.2 Å². The predicted molar refractivity (Wildman–Crippen MR) is 95.2 cm³/mol. The van der Waals surface area contributed by atoms with E-state index < -0.39 is 17.7 Å². The average Bonchev–Trinajstić information content (AvgIpc) is 3.00. The van der Waals surface area contributed by atoms with Crippen LogP contribution in [0.4, 0.5) is 4.79 Å². The summed E-state index contributed by atoms with van der Waals surface area (Å²) in [4.78, 5) is 36.5. The number of ether oxygens (including phenoxy) is 2. The minimum absolute atomic E-state index is 0.122. The summed E-state index contributed by atoms with van der Waals surface area (Å²) in [6, 6.07) is 1.94. The van der Waals surface area contributed by atoms with Crippen molar-refractivity contribution in [1.82, 2.24) is 10.2 Å². The second-order valence-electron chi connectivity index (χ2n) is 6.57. The van der Waals surface area contributed by atoms with Crippen molar-refractivity contribution < 1.29 is 23.9 Å². The molecule has 0 saturated carbocycles. The maximum absolute atomic E-state index is 11.9. The smallest absolute Gasteiger partial charge is 0.407 e. The molecule has 0 spiro atoms. The lowest BCUT2D eigenvalue weighted by Crippen LogP contribution is -2.33. The van der Waals surface area contributed by atoms with E-state index in [4.69, 9.17) is 9.47 Å². The van der Waals surface area contributed by atoms with Crippen molar-refractivity contribution in [3.63, 3.8) is 0 Å². The van der Waals surface area contributed by atoms with E-state index in [0.717, 1.165) is 5.56 Å². The molecule has 8 heteroatoms. The zero-order valence-corrected chi connectivity index (χ0v) is 16.0. The minimum atomic E-state index is -0.557. The fourth-order valence-electron chi connectivity index (χ4n) is 1.81. The normalized spacial score (nSPS) is 10.9. The van der Waals surface area contributed by atoms with E-state index in [1.54, 1.807) is 39.2 Å². The molecule has 7 nitrogen and oxygen atoms in total. The third-order valence-electron chi connectivity index (χ3n) is 3.01. The molecule has 0 fully saturated rings. The van der Waals surface area contributed by atoms with Gasteiger partial charge in [-0.25, -0.2) is 4.79 Å². The Hall–Kier alpha value is -2.09. The number of carbonyl (C=O) groups excluding carboxylic acids is 3. The highest BCUT2D eigenvalue weighted by atomic mass is 32.1. The average molecular weight is 370 g/mol. The third-order valence-corrected chi connectivity index (χ3v) is 3.74. The molecule has 0 radical (unpaired) electrons. The summed E-state index contributed by atoms with van der Waals surface area (Å²) in [5, 5.41) is 6.47. The van der Waals surface area contributed by atoms with E-state index in [-0.39, 0.29) is 18.9 Å². The fourth-order valence-corrected chi connectivity index (χ4v) is 2.47. The Balaban J connectivity index is 2.13. The first-order chi connectivity index (χ1) is 11.7. The number of nitrogens with zero attached hydrogens (tertiary/aromatic N) is 1. The molecule has 1 N–H and O–H groups in total. The summed E-state index contributed by atoms with van der Waals surface area (Å²) in [7, 11) is 1.67. The van der Waals surface area contributed by atoms with Crippen LogP contribution in [0.25, 0.3) is 0 Å². The number of amides is 2. The number of nitrogens with one attached hydrogen (secondary N) is 1. The van der Waals surface area contributed by atoms with Gasteiger partial charge in [-0.2, -0.15) is 11.3 Å². The van der Waals surface area contributed by atoms with Crippen LogP contribution in [0.3, 0.4) is 0 Å². The maximum Gasteiger partial charge on any atom is 0.407 e. The lowest BCUT2D eigenvalue weighted by atomic mass is 10.2. The molecule has 0 unspecified atom stereocenters. The standard InChI is InChI=1S/C17H26N2O5S/c1-17(2,3)24-16(22)18-8-5-6-15(21)23-11-14(20)19(4)10-13-7-9-25-12-13/h7,9,12H,5-6,8,10-11H2,1-4H3,(H,18,22). The van der Waals surface area contributed by atoms with Gasteiger partial charge in [-0.1, -0.05) is 0 Å². The van der Waals surface area contributed by atoms with Crippen molar-refractivity contribution in [1.29, 1.82) is 0 Å². The first-order valence-electron chi connectivity index (χ1n) is 8.05. The van der Waals surface area contributed by atoms with Crippen molar-refractivity contribution >= 4 is 29.3 Å². The molecule has 0 aromatic carbocycles. The molecule has 2 amide bonds. The summed E-state index contributed by atoms with van der Waals surface area (Å²) in [6.07, 6.45) is 0.0139. The van der Waals surface area contributed by atoms with E-state index in [9.17, 15) is 14.4 Å². The van der Waals surface area contributed by atoms with E-state index in [0.29, 0.717) is 19.5 Å². The molecule has 0 aliphatic rings. The second-order valence-corrected chi connectivity index (χ2v) is 7.35. The summed E-state index contributed by atoms with van der Waals surface area (Å²) in [5.41, 5.74) is 0.485. The number of esters is 1. The molecule has 0 aliphatic carbocycles. The lowest BCUT2D eigenvalue weighted by molar-refractivity contribution is -0.151. The Labute approximate surface area is 152 Å². The molecule has 0 saturated heterocycles. The summed E-state index contributed by atoms with van der Waals surface area (Å²) in [5.74, 6) is -0.727. The highest BCUT2D eigenvalue weighted by Gasteiger charge is 2.16. The number of alkyl carbamates (subject to hydrolysis) is 1. The van der Waals surface area contributed by atoms with Gasteiger partial charge in [-0.15, -0.1) is 0 Å². The van der Waals surface area contributed by atoms with Crippen LogP contribution in [0.2, 0.25) is 0 Å². The van der Waals surface area contributed by atoms with E-state index in [1.807, 2.05) is 16.8 Å². The van der Waals surface area contributed by atoms with E-state index in [1.165, 1.54) is 4.90 Å².